The minimum Gasteiger partial charge on any atom is -0.488 e. The summed E-state index contributed by atoms with van der Waals surface area (Å²) in [6, 6.07) is 13.4. The van der Waals surface area contributed by atoms with Crippen LogP contribution in [0, 0.1) is 11.3 Å². The molecule has 0 unspecified atom stereocenters. The fourth-order valence-corrected chi connectivity index (χ4v) is 2.32. The highest BCUT2D eigenvalue weighted by Gasteiger charge is 2.06. The van der Waals surface area contributed by atoms with Crippen molar-refractivity contribution in [2.24, 2.45) is 5.10 Å². The third-order valence-electron chi connectivity index (χ3n) is 3.20. The van der Waals surface area contributed by atoms with E-state index >= 15 is 0 Å². The van der Waals surface area contributed by atoms with Crippen LogP contribution in [0.3, 0.4) is 0 Å². The molecule has 7 nitrogen and oxygen atoms in total. The molecular formula is C18H14BrN3O4. The first-order valence-corrected chi connectivity index (χ1v) is 8.22. The number of ether oxygens (including phenoxy) is 1. The Labute approximate surface area is 158 Å². The molecule has 0 fully saturated rings. The van der Waals surface area contributed by atoms with Crippen molar-refractivity contribution >= 4 is 34.0 Å². The van der Waals surface area contributed by atoms with E-state index in [2.05, 4.69) is 26.5 Å². The number of hydrogen-bond donors (Lipinski definition) is 2. The van der Waals surface area contributed by atoms with E-state index in [4.69, 9.17) is 15.1 Å². The van der Waals surface area contributed by atoms with Crippen molar-refractivity contribution < 1.29 is 19.4 Å². The highest BCUT2D eigenvalue weighted by Crippen LogP contribution is 2.23. The second-order valence-corrected chi connectivity index (χ2v) is 6.02. The predicted octanol–water partition coefficient (Wildman–Crippen LogP) is 3.09. The van der Waals surface area contributed by atoms with Gasteiger partial charge in [0.1, 0.15) is 18.8 Å². The Hall–Kier alpha value is -3.18. The van der Waals surface area contributed by atoms with Gasteiger partial charge in [0.2, 0.25) is 0 Å². The molecule has 0 spiro atoms. The summed E-state index contributed by atoms with van der Waals surface area (Å²) in [7, 11) is 0. The molecular weight excluding hydrogens is 402 g/mol. The van der Waals surface area contributed by atoms with Crippen LogP contribution < -0.4 is 10.2 Å². The average Bonchev–Trinajstić information content (AvgIpc) is 2.61. The number of nitriles is 1. The van der Waals surface area contributed by atoms with Crippen LogP contribution in [0.4, 0.5) is 0 Å². The average molecular weight is 416 g/mol. The van der Waals surface area contributed by atoms with E-state index in [1.807, 2.05) is 0 Å². The standard InChI is InChI=1S/C18H14BrN3O4/c19-15-5-6-16(14(9-15)10-21-22-17(23)7-8-20)26-11-12-1-3-13(4-2-12)18(24)25/h1-6,9-10H,7,11H2,(H,22,23)(H,24,25)/b21-10-. The third kappa shape index (κ3) is 5.72. The molecule has 0 aliphatic carbocycles. The molecule has 0 aliphatic rings. The van der Waals surface area contributed by atoms with Gasteiger partial charge in [0.25, 0.3) is 5.91 Å². The molecule has 2 rings (SSSR count). The normalized spacial score (nSPS) is 10.3. The maximum absolute atomic E-state index is 11.2. The highest BCUT2D eigenvalue weighted by molar-refractivity contribution is 9.10. The monoisotopic (exact) mass is 415 g/mol. The summed E-state index contributed by atoms with van der Waals surface area (Å²) < 4.78 is 6.56. The fraction of sp³-hybridized carbons (Fsp3) is 0.111. The van der Waals surface area contributed by atoms with Gasteiger partial charge in [-0.25, -0.2) is 10.2 Å². The molecule has 0 radical (unpaired) electrons. The molecule has 0 aliphatic heterocycles. The van der Waals surface area contributed by atoms with E-state index in [0.29, 0.717) is 11.3 Å². The van der Waals surface area contributed by atoms with Crippen molar-refractivity contribution in [3.8, 4) is 11.8 Å². The van der Waals surface area contributed by atoms with Gasteiger partial charge in [-0.15, -0.1) is 0 Å². The Balaban J connectivity index is 2.06. The summed E-state index contributed by atoms with van der Waals surface area (Å²) >= 11 is 3.36. The van der Waals surface area contributed by atoms with Gasteiger partial charge in [-0.1, -0.05) is 28.1 Å². The van der Waals surface area contributed by atoms with E-state index in [0.717, 1.165) is 10.0 Å². The number of nitrogens with zero attached hydrogens (tertiary/aromatic N) is 2. The SMILES string of the molecule is N#CCC(=O)N/N=C\c1cc(Br)ccc1OCc1ccc(C(=O)O)cc1. The van der Waals surface area contributed by atoms with Crippen LogP contribution >= 0.6 is 15.9 Å². The molecule has 0 saturated carbocycles. The minimum atomic E-state index is -0.984. The number of hydrazone groups is 1. The maximum Gasteiger partial charge on any atom is 0.335 e. The van der Waals surface area contributed by atoms with Gasteiger partial charge >= 0.3 is 5.97 Å². The number of nitrogens with one attached hydrogen (secondary N) is 1. The molecule has 132 valence electrons. The summed E-state index contributed by atoms with van der Waals surface area (Å²) in [5, 5.41) is 21.1. The molecule has 2 N–H and O–H groups in total. The third-order valence-corrected chi connectivity index (χ3v) is 3.69. The molecule has 2 aromatic carbocycles. The maximum atomic E-state index is 11.2. The van der Waals surface area contributed by atoms with Gasteiger partial charge in [-0.2, -0.15) is 10.4 Å². The van der Waals surface area contributed by atoms with Gasteiger partial charge < -0.3 is 9.84 Å². The van der Waals surface area contributed by atoms with Crippen LogP contribution in [0.25, 0.3) is 0 Å². The van der Waals surface area contributed by atoms with Gasteiger partial charge in [-0.05, 0) is 35.9 Å². The predicted molar refractivity (Wildman–Crippen MR) is 97.8 cm³/mol. The molecule has 26 heavy (non-hydrogen) atoms. The number of benzene rings is 2. The number of amides is 1. The molecule has 8 heteroatoms. The Morgan fingerprint density at radius 1 is 1.27 bits per heavy atom. The van der Waals surface area contributed by atoms with Crippen LogP contribution in [0.1, 0.15) is 27.9 Å². The molecule has 0 heterocycles. The first kappa shape index (κ1) is 19.1. The number of carbonyl (C=O) groups is 2. The van der Waals surface area contributed by atoms with Crippen molar-refractivity contribution in [3.63, 3.8) is 0 Å². The Kier molecular flexibility index (Phi) is 6.88. The zero-order chi connectivity index (χ0) is 18.9. The number of rotatable bonds is 7. The van der Waals surface area contributed by atoms with E-state index in [1.54, 1.807) is 36.4 Å². The summed E-state index contributed by atoms with van der Waals surface area (Å²) in [4.78, 5) is 22.1. The number of hydrogen-bond acceptors (Lipinski definition) is 5. The lowest BCUT2D eigenvalue weighted by molar-refractivity contribution is -0.120. The van der Waals surface area contributed by atoms with E-state index in [1.165, 1.54) is 18.3 Å². The largest absolute Gasteiger partial charge is 0.488 e. The van der Waals surface area contributed by atoms with Crippen molar-refractivity contribution in [2.75, 3.05) is 0 Å². The number of aromatic carboxylic acids is 1. The van der Waals surface area contributed by atoms with Crippen LogP contribution in [0.2, 0.25) is 0 Å². The number of halogens is 1. The second-order valence-electron chi connectivity index (χ2n) is 5.10. The van der Waals surface area contributed by atoms with Gasteiger partial charge in [0, 0.05) is 10.0 Å². The lowest BCUT2D eigenvalue weighted by Gasteiger charge is -2.10. The summed E-state index contributed by atoms with van der Waals surface area (Å²) in [5.74, 6) is -0.948. The van der Waals surface area contributed by atoms with Crippen molar-refractivity contribution in [2.45, 2.75) is 13.0 Å². The second kappa shape index (κ2) is 9.34. The Morgan fingerprint density at radius 3 is 2.65 bits per heavy atom. The Morgan fingerprint density at radius 2 is 2.00 bits per heavy atom. The summed E-state index contributed by atoms with van der Waals surface area (Å²) in [5.41, 5.74) is 3.89. The first-order chi connectivity index (χ1) is 12.5. The first-order valence-electron chi connectivity index (χ1n) is 7.43. The lowest BCUT2D eigenvalue weighted by Crippen LogP contribution is -2.16. The summed E-state index contributed by atoms with van der Waals surface area (Å²) in [6.07, 6.45) is 1.15. The van der Waals surface area contributed by atoms with Gasteiger partial charge in [0.05, 0.1) is 17.8 Å². The minimum absolute atomic E-state index is 0.207. The molecule has 0 atom stereocenters. The van der Waals surface area contributed by atoms with Crippen molar-refractivity contribution in [1.82, 2.24) is 5.43 Å². The molecule has 1 amide bonds. The van der Waals surface area contributed by atoms with Crippen LogP contribution in [0.5, 0.6) is 5.75 Å². The van der Waals surface area contributed by atoms with E-state index in [9.17, 15) is 9.59 Å². The number of carbonyl (C=O) groups excluding carboxylic acids is 1. The van der Waals surface area contributed by atoms with Crippen LogP contribution in [0.15, 0.2) is 52.0 Å². The topological polar surface area (TPSA) is 112 Å². The molecule has 2 aromatic rings. The van der Waals surface area contributed by atoms with E-state index < -0.39 is 11.9 Å². The van der Waals surface area contributed by atoms with Gasteiger partial charge in [0.15, 0.2) is 0 Å². The Bertz CT molecular complexity index is 873. The molecule has 0 aromatic heterocycles. The highest BCUT2D eigenvalue weighted by atomic mass is 79.9. The molecule has 0 saturated heterocycles. The molecule has 0 bridgehead atoms. The van der Waals surface area contributed by atoms with Crippen LogP contribution in [-0.2, 0) is 11.4 Å². The number of carboxylic acids is 1. The lowest BCUT2D eigenvalue weighted by atomic mass is 10.1. The quantitative estimate of drug-likeness (QED) is 0.532. The van der Waals surface area contributed by atoms with Crippen LogP contribution in [-0.4, -0.2) is 23.2 Å². The smallest absolute Gasteiger partial charge is 0.335 e. The fourth-order valence-electron chi connectivity index (χ4n) is 1.94. The van der Waals surface area contributed by atoms with E-state index in [-0.39, 0.29) is 18.6 Å². The zero-order valence-electron chi connectivity index (χ0n) is 13.5. The van der Waals surface area contributed by atoms with Crippen molar-refractivity contribution in [1.29, 1.82) is 5.26 Å². The number of carboxylic acid groups (broad SMARTS) is 1. The summed E-state index contributed by atoms with van der Waals surface area (Å²) in [6.45, 7) is 0.239. The van der Waals surface area contributed by atoms with Gasteiger partial charge in [-0.3, -0.25) is 4.79 Å². The zero-order valence-corrected chi connectivity index (χ0v) is 15.1. The van der Waals surface area contributed by atoms with Crippen molar-refractivity contribution in [3.05, 3.63) is 63.6 Å².